The molecule has 1 heterocycles. The minimum absolute atomic E-state index is 0.0165. The molecule has 2 aliphatic rings. The maximum absolute atomic E-state index is 12.1. The Labute approximate surface area is 153 Å². The summed E-state index contributed by atoms with van der Waals surface area (Å²) in [5.74, 6) is 1.23. The monoisotopic (exact) mass is 362 g/mol. The van der Waals surface area contributed by atoms with Crippen LogP contribution in [0.1, 0.15) is 29.9 Å². The van der Waals surface area contributed by atoms with Crippen LogP contribution >= 0.6 is 11.8 Å². The van der Waals surface area contributed by atoms with Crippen LogP contribution in [-0.4, -0.2) is 61.1 Å². The molecule has 1 saturated heterocycles. The standard InChI is InChI=1S/C19H26N2O3S/c22-18(13-25-14-19(23)21-8-10-24-11-9-21)20-12-16-6-3-5-15-4-1-2-7-17(15)16/h1-2,4,7,16H,3,5-6,8-14H2,(H,20,22). The number of hydrogen-bond donors (Lipinski definition) is 1. The molecule has 3 rings (SSSR count). The van der Waals surface area contributed by atoms with Crippen LogP contribution in [-0.2, 0) is 20.7 Å². The van der Waals surface area contributed by atoms with E-state index >= 15 is 0 Å². The SMILES string of the molecule is O=C(CSCC(=O)N1CCOCC1)NCC1CCCc2ccccc21. The Morgan fingerprint density at radius 3 is 2.84 bits per heavy atom. The lowest BCUT2D eigenvalue weighted by Gasteiger charge is -2.26. The molecular formula is C19H26N2O3S. The molecule has 136 valence electrons. The van der Waals surface area contributed by atoms with Crippen LogP contribution in [0.5, 0.6) is 0 Å². The van der Waals surface area contributed by atoms with Crippen LogP contribution in [0.15, 0.2) is 24.3 Å². The molecule has 1 atom stereocenters. The maximum Gasteiger partial charge on any atom is 0.232 e. The van der Waals surface area contributed by atoms with Gasteiger partial charge in [0.05, 0.1) is 24.7 Å². The van der Waals surface area contributed by atoms with Crippen LogP contribution in [0, 0.1) is 0 Å². The number of carbonyl (C=O) groups excluding carboxylic acids is 2. The quantitative estimate of drug-likeness (QED) is 0.839. The topological polar surface area (TPSA) is 58.6 Å². The van der Waals surface area contributed by atoms with Crippen molar-refractivity contribution in [1.29, 1.82) is 0 Å². The minimum atomic E-state index is 0.0165. The van der Waals surface area contributed by atoms with Gasteiger partial charge in [0.15, 0.2) is 0 Å². The van der Waals surface area contributed by atoms with Crippen LogP contribution in [0.25, 0.3) is 0 Å². The Hall–Kier alpha value is -1.53. The molecule has 0 radical (unpaired) electrons. The van der Waals surface area contributed by atoms with Gasteiger partial charge in [0, 0.05) is 25.6 Å². The van der Waals surface area contributed by atoms with Crippen LogP contribution in [0.2, 0.25) is 0 Å². The summed E-state index contributed by atoms with van der Waals surface area (Å²) in [5.41, 5.74) is 2.79. The number of hydrogen-bond acceptors (Lipinski definition) is 4. The molecule has 1 aromatic rings. The highest BCUT2D eigenvalue weighted by Crippen LogP contribution is 2.30. The van der Waals surface area contributed by atoms with Crippen molar-refractivity contribution < 1.29 is 14.3 Å². The van der Waals surface area contributed by atoms with Crippen molar-refractivity contribution in [3.63, 3.8) is 0 Å². The number of ether oxygens (including phenoxy) is 1. The summed E-state index contributed by atoms with van der Waals surface area (Å²) in [6.07, 6.45) is 3.44. The van der Waals surface area contributed by atoms with Crippen molar-refractivity contribution in [2.24, 2.45) is 0 Å². The van der Waals surface area contributed by atoms with Gasteiger partial charge in [0.1, 0.15) is 0 Å². The van der Waals surface area contributed by atoms with E-state index in [-0.39, 0.29) is 11.8 Å². The van der Waals surface area contributed by atoms with Crippen LogP contribution < -0.4 is 5.32 Å². The van der Waals surface area contributed by atoms with Gasteiger partial charge in [-0.1, -0.05) is 24.3 Å². The predicted octanol–water partition coefficient (Wildman–Crippen LogP) is 1.81. The summed E-state index contributed by atoms with van der Waals surface area (Å²) in [5, 5.41) is 3.04. The van der Waals surface area contributed by atoms with E-state index in [1.165, 1.54) is 29.3 Å². The summed E-state index contributed by atoms with van der Waals surface area (Å²) in [6, 6.07) is 8.53. The van der Waals surface area contributed by atoms with Crippen molar-refractivity contribution in [2.45, 2.75) is 25.2 Å². The third kappa shape index (κ3) is 5.22. The second kappa shape index (κ2) is 9.25. The first kappa shape index (κ1) is 18.3. The lowest BCUT2D eigenvalue weighted by Crippen LogP contribution is -2.41. The van der Waals surface area contributed by atoms with Crippen LogP contribution in [0.4, 0.5) is 0 Å². The van der Waals surface area contributed by atoms with Gasteiger partial charge in [0.2, 0.25) is 11.8 Å². The third-order valence-corrected chi connectivity index (χ3v) is 5.78. The molecule has 6 heteroatoms. The Bertz CT molecular complexity index is 602. The van der Waals surface area contributed by atoms with Crippen molar-refractivity contribution in [2.75, 3.05) is 44.4 Å². The van der Waals surface area contributed by atoms with Crippen molar-refractivity contribution >= 4 is 23.6 Å². The first-order valence-electron chi connectivity index (χ1n) is 9.02. The Morgan fingerprint density at radius 2 is 2.00 bits per heavy atom. The van der Waals surface area contributed by atoms with Gasteiger partial charge >= 0.3 is 0 Å². The number of aryl methyl sites for hydroxylation is 1. The van der Waals surface area contributed by atoms with Gasteiger partial charge in [-0.2, -0.15) is 0 Å². The second-order valence-corrected chi connectivity index (χ2v) is 7.56. The fourth-order valence-corrected chi connectivity index (χ4v) is 4.24. The molecule has 25 heavy (non-hydrogen) atoms. The fraction of sp³-hybridized carbons (Fsp3) is 0.579. The van der Waals surface area contributed by atoms with Gasteiger partial charge in [-0.25, -0.2) is 0 Å². The normalized spacial score (nSPS) is 20.0. The molecule has 0 bridgehead atoms. The number of nitrogens with zero attached hydrogens (tertiary/aromatic N) is 1. The number of nitrogens with one attached hydrogen (secondary N) is 1. The van der Waals surface area contributed by atoms with Crippen LogP contribution in [0.3, 0.4) is 0 Å². The lowest BCUT2D eigenvalue weighted by molar-refractivity contribution is -0.132. The number of morpholine rings is 1. The highest BCUT2D eigenvalue weighted by atomic mass is 32.2. The van der Waals surface area contributed by atoms with Crippen molar-refractivity contribution in [1.82, 2.24) is 10.2 Å². The molecule has 1 aliphatic heterocycles. The number of thioether (sulfide) groups is 1. The maximum atomic E-state index is 12.1. The summed E-state index contributed by atoms with van der Waals surface area (Å²) >= 11 is 1.39. The highest BCUT2D eigenvalue weighted by Gasteiger charge is 2.20. The zero-order valence-corrected chi connectivity index (χ0v) is 15.4. The molecule has 5 nitrogen and oxygen atoms in total. The summed E-state index contributed by atoms with van der Waals surface area (Å²) in [7, 11) is 0. The number of carbonyl (C=O) groups is 2. The van der Waals surface area contributed by atoms with Gasteiger partial charge < -0.3 is 15.0 Å². The van der Waals surface area contributed by atoms with E-state index in [0.717, 1.165) is 12.8 Å². The Kier molecular flexibility index (Phi) is 6.76. The molecular weight excluding hydrogens is 336 g/mol. The fourth-order valence-electron chi connectivity index (χ4n) is 3.49. The molecule has 0 saturated carbocycles. The van der Waals surface area contributed by atoms with E-state index in [2.05, 4.69) is 29.6 Å². The molecule has 1 N–H and O–H groups in total. The first-order valence-corrected chi connectivity index (χ1v) is 10.2. The number of amides is 2. The third-order valence-electron chi connectivity index (χ3n) is 4.86. The average molecular weight is 362 g/mol. The van der Waals surface area contributed by atoms with E-state index in [1.54, 1.807) is 0 Å². The van der Waals surface area contributed by atoms with Gasteiger partial charge in [-0.15, -0.1) is 11.8 Å². The number of rotatable bonds is 6. The molecule has 1 fully saturated rings. The van der Waals surface area contributed by atoms with E-state index in [1.807, 2.05) is 4.90 Å². The molecule has 2 amide bonds. The lowest BCUT2D eigenvalue weighted by atomic mass is 9.83. The zero-order chi connectivity index (χ0) is 17.5. The van der Waals surface area contributed by atoms with Gasteiger partial charge in [-0.3, -0.25) is 9.59 Å². The van der Waals surface area contributed by atoms with Crippen molar-refractivity contribution in [3.05, 3.63) is 35.4 Å². The second-order valence-electron chi connectivity index (χ2n) is 6.58. The van der Waals surface area contributed by atoms with E-state index in [4.69, 9.17) is 4.74 Å². The summed E-state index contributed by atoms with van der Waals surface area (Å²) in [6.45, 7) is 3.23. The molecule has 0 aromatic heterocycles. The van der Waals surface area contributed by atoms with E-state index in [9.17, 15) is 9.59 Å². The predicted molar refractivity (Wildman–Crippen MR) is 99.9 cm³/mol. The Balaban J connectivity index is 1.37. The smallest absolute Gasteiger partial charge is 0.232 e. The first-order chi connectivity index (χ1) is 12.2. The van der Waals surface area contributed by atoms with E-state index in [0.29, 0.717) is 50.3 Å². The summed E-state index contributed by atoms with van der Waals surface area (Å²) < 4.78 is 5.24. The Morgan fingerprint density at radius 1 is 1.20 bits per heavy atom. The summed E-state index contributed by atoms with van der Waals surface area (Å²) in [4.78, 5) is 25.9. The number of benzene rings is 1. The molecule has 0 spiro atoms. The van der Waals surface area contributed by atoms with E-state index < -0.39 is 0 Å². The highest BCUT2D eigenvalue weighted by molar-refractivity contribution is 8.00. The zero-order valence-electron chi connectivity index (χ0n) is 14.5. The number of fused-ring (bicyclic) bond motifs is 1. The van der Waals surface area contributed by atoms with Crippen molar-refractivity contribution in [3.8, 4) is 0 Å². The van der Waals surface area contributed by atoms with Gasteiger partial charge in [-0.05, 0) is 30.4 Å². The molecule has 1 aliphatic carbocycles. The van der Waals surface area contributed by atoms with Gasteiger partial charge in [0.25, 0.3) is 0 Å². The largest absolute Gasteiger partial charge is 0.378 e. The average Bonchev–Trinajstić information content (AvgIpc) is 2.67. The molecule has 1 aromatic carbocycles. The minimum Gasteiger partial charge on any atom is -0.378 e. The molecule has 1 unspecified atom stereocenters.